The normalized spacial score (nSPS) is 22.6. The van der Waals surface area contributed by atoms with Gasteiger partial charge in [-0.3, -0.25) is 0 Å². The average Bonchev–Trinajstić information content (AvgIpc) is 3.42. The summed E-state index contributed by atoms with van der Waals surface area (Å²) in [4.78, 5) is 12.7. The lowest BCUT2D eigenvalue weighted by Crippen LogP contribution is -2.54. The van der Waals surface area contributed by atoms with Gasteiger partial charge in [0.15, 0.2) is 0 Å². The number of aliphatic hydroxyl groups is 1. The molecule has 0 aliphatic heterocycles. The first-order chi connectivity index (χ1) is 18.3. The lowest BCUT2D eigenvalue weighted by atomic mass is 9.81. The number of rotatable bonds is 8. The fourth-order valence-electron chi connectivity index (χ4n) is 5.87. The summed E-state index contributed by atoms with van der Waals surface area (Å²) in [6.45, 7) is -0.486. The lowest BCUT2D eigenvalue weighted by Gasteiger charge is -2.35. The molecule has 3 aromatic carbocycles. The molecule has 3 aromatic rings. The standard InChI is InChI=1S/C28H29FN2O6S/c1-36-19-14-18(16-32)28(15-19,25-12-6-7-13-26(25)29)31-38(34,35)30-27(33)37-17-24-22-10-4-2-8-20(22)21-9-3-5-11-23(21)24/h2-13,18-19,24,31-32H,14-17H2,1H3,(H,30,33)/t18-,19+,28-/m0/s1. The Kier molecular flexibility index (Phi) is 7.23. The fraction of sp³-hybridized carbons (Fsp3) is 0.321. The summed E-state index contributed by atoms with van der Waals surface area (Å²) < 4.78 is 56.4. The minimum Gasteiger partial charge on any atom is -0.448 e. The molecule has 0 radical (unpaired) electrons. The highest BCUT2D eigenvalue weighted by Gasteiger charge is 2.52. The number of benzene rings is 3. The first-order valence-corrected chi connectivity index (χ1v) is 13.8. The Morgan fingerprint density at radius 3 is 2.24 bits per heavy atom. The largest absolute Gasteiger partial charge is 0.448 e. The van der Waals surface area contributed by atoms with Crippen LogP contribution in [0.2, 0.25) is 0 Å². The van der Waals surface area contributed by atoms with E-state index in [-0.39, 0.29) is 24.5 Å². The molecule has 3 atom stereocenters. The van der Waals surface area contributed by atoms with Gasteiger partial charge in [-0.05, 0) is 41.2 Å². The number of hydrogen-bond donors (Lipinski definition) is 3. The van der Waals surface area contributed by atoms with E-state index < -0.39 is 46.3 Å². The van der Waals surface area contributed by atoms with Crippen LogP contribution in [0, 0.1) is 11.7 Å². The topological polar surface area (TPSA) is 114 Å². The minimum absolute atomic E-state index is 0.0662. The predicted octanol–water partition coefficient (Wildman–Crippen LogP) is 3.81. The highest BCUT2D eigenvalue weighted by Crippen LogP contribution is 2.46. The number of carbonyl (C=O) groups is 1. The number of carbonyl (C=O) groups excluding carboxylic acids is 1. The second-order valence-corrected chi connectivity index (χ2v) is 11.1. The monoisotopic (exact) mass is 540 g/mol. The van der Waals surface area contributed by atoms with Gasteiger partial charge in [-0.15, -0.1) is 0 Å². The summed E-state index contributed by atoms with van der Waals surface area (Å²) >= 11 is 0. The minimum atomic E-state index is -4.54. The van der Waals surface area contributed by atoms with Gasteiger partial charge in [0.05, 0.1) is 11.6 Å². The van der Waals surface area contributed by atoms with Crippen LogP contribution in [0.5, 0.6) is 0 Å². The first kappa shape index (κ1) is 26.3. The summed E-state index contributed by atoms with van der Waals surface area (Å²) in [5.74, 6) is -1.57. The van der Waals surface area contributed by atoms with Crippen LogP contribution in [0.25, 0.3) is 11.1 Å². The van der Waals surface area contributed by atoms with Crippen molar-refractivity contribution in [3.05, 3.63) is 95.3 Å². The van der Waals surface area contributed by atoms with Crippen LogP contribution in [0.4, 0.5) is 9.18 Å². The number of methoxy groups -OCH3 is 1. The van der Waals surface area contributed by atoms with Gasteiger partial charge in [-0.1, -0.05) is 66.7 Å². The van der Waals surface area contributed by atoms with Gasteiger partial charge in [0.1, 0.15) is 12.4 Å². The molecule has 0 unspecified atom stereocenters. The molecule has 10 heteroatoms. The second-order valence-electron chi connectivity index (χ2n) is 9.66. The third-order valence-electron chi connectivity index (χ3n) is 7.58. The van der Waals surface area contributed by atoms with E-state index in [0.29, 0.717) is 6.42 Å². The van der Waals surface area contributed by atoms with E-state index in [0.717, 1.165) is 22.3 Å². The van der Waals surface area contributed by atoms with Crippen molar-refractivity contribution >= 4 is 16.3 Å². The highest BCUT2D eigenvalue weighted by atomic mass is 32.2. The van der Waals surface area contributed by atoms with Crippen LogP contribution in [0.15, 0.2) is 72.8 Å². The van der Waals surface area contributed by atoms with E-state index >= 15 is 0 Å². The number of halogens is 1. The summed E-state index contributed by atoms with van der Waals surface area (Å²) in [5.41, 5.74) is 2.60. The maximum Gasteiger partial charge on any atom is 0.421 e. The SMILES string of the molecule is CO[C@@H]1C[C@@H](CO)[C@](NS(=O)(=O)NC(=O)OCC2c3ccccc3-c3ccccc32)(c2ccccc2F)C1. The molecule has 2 aliphatic carbocycles. The molecule has 5 rings (SSSR count). The van der Waals surface area contributed by atoms with Crippen LogP contribution in [-0.4, -0.2) is 46.0 Å². The summed E-state index contributed by atoms with van der Waals surface area (Å²) in [5, 5.41) is 10.1. The van der Waals surface area contributed by atoms with Crippen LogP contribution in [-0.2, 0) is 25.2 Å². The number of amides is 1. The van der Waals surface area contributed by atoms with Crippen molar-refractivity contribution in [1.29, 1.82) is 0 Å². The van der Waals surface area contributed by atoms with Crippen molar-refractivity contribution in [3.8, 4) is 11.1 Å². The maximum absolute atomic E-state index is 14.9. The molecule has 0 heterocycles. The Morgan fingerprint density at radius 2 is 1.63 bits per heavy atom. The number of fused-ring (bicyclic) bond motifs is 3. The van der Waals surface area contributed by atoms with E-state index in [1.54, 1.807) is 6.07 Å². The van der Waals surface area contributed by atoms with Gasteiger partial charge in [0.2, 0.25) is 0 Å². The number of ether oxygens (including phenoxy) is 2. The van der Waals surface area contributed by atoms with Crippen LogP contribution in [0.3, 0.4) is 0 Å². The first-order valence-electron chi connectivity index (χ1n) is 12.3. The molecule has 200 valence electrons. The zero-order valence-electron chi connectivity index (χ0n) is 20.8. The summed E-state index contributed by atoms with van der Waals surface area (Å²) in [7, 11) is -3.06. The predicted molar refractivity (Wildman–Crippen MR) is 139 cm³/mol. The molecule has 0 aromatic heterocycles. The highest BCUT2D eigenvalue weighted by molar-refractivity contribution is 7.88. The van der Waals surface area contributed by atoms with Crippen molar-refractivity contribution < 1.29 is 32.2 Å². The van der Waals surface area contributed by atoms with Crippen LogP contribution in [0.1, 0.15) is 35.4 Å². The van der Waals surface area contributed by atoms with E-state index in [9.17, 15) is 22.7 Å². The van der Waals surface area contributed by atoms with Crippen molar-refractivity contribution in [2.45, 2.75) is 30.4 Å². The molecular formula is C28H29FN2O6S. The van der Waals surface area contributed by atoms with Crippen LogP contribution < -0.4 is 9.44 Å². The van der Waals surface area contributed by atoms with Crippen molar-refractivity contribution in [2.75, 3.05) is 20.3 Å². The molecular weight excluding hydrogens is 511 g/mol. The van der Waals surface area contributed by atoms with E-state index in [4.69, 9.17) is 9.47 Å². The van der Waals surface area contributed by atoms with Gasteiger partial charge < -0.3 is 14.6 Å². The third-order valence-corrected chi connectivity index (χ3v) is 8.65. The van der Waals surface area contributed by atoms with Gasteiger partial charge >= 0.3 is 16.3 Å². The van der Waals surface area contributed by atoms with Crippen molar-refractivity contribution in [3.63, 3.8) is 0 Å². The van der Waals surface area contributed by atoms with Crippen molar-refractivity contribution in [1.82, 2.24) is 9.44 Å². The fourth-order valence-corrected chi connectivity index (χ4v) is 7.04. The molecule has 38 heavy (non-hydrogen) atoms. The zero-order valence-corrected chi connectivity index (χ0v) is 21.6. The Hall–Kier alpha value is -3.31. The zero-order chi connectivity index (χ0) is 26.9. The summed E-state index contributed by atoms with van der Waals surface area (Å²) in [6, 6.07) is 21.4. The van der Waals surface area contributed by atoms with Crippen LogP contribution >= 0.6 is 0 Å². The quantitative estimate of drug-likeness (QED) is 0.401. The molecule has 1 saturated carbocycles. The van der Waals surface area contributed by atoms with Gasteiger partial charge in [0.25, 0.3) is 0 Å². The molecule has 3 N–H and O–H groups in total. The number of aliphatic hydroxyl groups excluding tert-OH is 1. The van der Waals surface area contributed by atoms with Gasteiger partial charge in [-0.25, -0.2) is 13.9 Å². The molecule has 0 saturated heterocycles. The molecule has 0 bridgehead atoms. The molecule has 1 amide bonds. The summed E-state index contributed by atoms with van der Waals surface area (Å²) in [6.07, 6.45) is -1.22. The van der Waals surface area contributed by atoms with Gasteiger partial charge in [-0.2, -0.15) is 13.1 Å². The Morgan fingerprint density at radius 1 is 1.03 bits per heavy atom. The van der Waals surface area contributed by atoms with E-state index in [1.807, 2.05) is 53.3 Å². The Bertz CT molecular complexity index is 1400. The molecule has 2 aliphatic rings. The maximum atomic E-state index is 14.9. The Labute approximate surface area is 221 Å². The molecule has 0 spiro atoms. The van der Waals surface area contributed by atoms with E-state index in [1.165, 1.54) is 25.3 Å². The second kappa shape index (κ2) is 10.5. The number of hydrogen-bond acceptors (Lipinski definition) is 6. The number of nitrogens with one attached hydrogen (secondary N) is 2. The smallest absolute Gasteiger partial charge is 0.421 e. The average molecular weight is 541 g/mol. The molecule has 8 nitrogen and oxygen atoms in total. The third kappa shape index (κ3) is 4.80. The Balaban J connectivity index is 1.34. The molecule has 1 fully saturated rings. The lowest BCUT2D eigenvalue weighted by molar-refractivity contribution is 0.0993. The van der Waals surface area contributed by atoms with Crippen molar-refractivity contribution in [2.24, 2.45) is 5.92 Å². The van der Waals surface area contributed by atoms with Gasteiger partial charge in [0, 0.05) is 31.1 Å². The van der Waals surface area contributed by atoms with E-state index in [2.05, 4.69) is 4.72 Å².